The van der Waals surface area contributed by atoms with E-state index in [1.165, 1.54) is 19.3 Å². The number of halogens is 1. The molecule has 3 nitrogen and oxygen atoms in total. The highest BCUT2D eigenvalue weighted by Gasteiger charge is 2.27. The van der Waals surface area contributed by atoms with Crippen LogP contribution in [0.4, 0.5) is 4.39 Å². The van der Waals surface area contributed by atoms with Crippen LogP contribution in [0.5, 0.6) is 5.88 Å². The third kappa shape index (κ3) is 6.57. The van der Waals surface area contributed by atoms with Crippen molar-refractivity contribution in [1.82, 2.24) is 4.98 Å². The van der Waals surface area contributed by atoms with Gasteiger partial charge in [0, 0.05) is 23.4 Å². The molecule has 1 unspecified atom stereocenters. The second kappa shape index (κ2) is 12.6. The van der Waals surface area contributed by atoms with Gasteiger partial charge in [0.05, 0.1) is 19.7 Å². The maximum atomic E-state index is 15.6. The molecule has 1 atom stereocenters. The first-order valence-electron chi connectivity index (χ1n) is 13.2. The molecule has 0 radical (unpaired) electrons. The van der Waals surface area contributed by atoms with Gasteiger partial charge >= 0.3 is 0 Å². The Balaban J connectivity index is 1.74. The van der Waals surface area contributed by atoms with Crippen molar-refractivity contribution < 1.29 is 13.9 Å². The van der Waals surface area contributed by atoms with E-state index in [0.29, 0.717) is 17.9 Å². The van der Waals surface area contributed by atoms with Gasteiger partial charge in [-0.15, -0.1) is 0 Å². The van der Waals surface area contributed by atoms with Gasteiger partial charge in [-0.3, -0.25) is 0 Å². The number of nitrogens with zero attached hydrogens (tertiary/aromatic N) is 1. The maximum absolute atomic E-state index is 15.6. The molecule has 0 aliphatic heterocycles. The number of aromatic nitrogens is 1. The first-order valence-corrected chi connectivity index (χ1v) is 16.4. The van der Waals surface area contributed by atoms with E-state index in [0.717, 1.165) is 59.8 Å². The summed E-state index contributed by atoms with van der Waals surface area (Å²) in [5, 5.41) is 3.50. The van der Waals surface area contributed by atoms with Gasteiger partial charge in [-0.2, -0.15) is 0 Å². The van der Waals surface area contributed by atoms with Crippen LogP contribution >= 0.6 is 0 Å². The summed E-state index contributed by atoms with van der Waals surface area (Å²) < 4.78 is 27.6. The molecule has 0 bridgehead atoms. The highest BCUT2D eigenvalue weighted by Crippen LogP contribution is 2.29. The number of hydrogen-bond acceptors (Lipinski definition) is 3. The molecule has 1 heterocycles. The molecule has 5 heteroatoms. The smallest absolute Gasteiger partial charge is 0.213 e. The van der Waals surface area contributed by atoms with E-state index in [4.69, 9.17) is 14.5 Å². The first-order chi connectivity index (χ1) is 16.4. The Bertz CT molecular complexity index is 1070. The van der Waals surface area contributed by atoms with E-state index >= 15 is 4.39 Å². The molecule has 0 aliphatic rings. The van der Waals surface area contributed by atoms with Gasteiger partial charge < -0.3 is 9.47 Å². The zero-order valence-corrected chi connectivity index (χ0v) is 22.8. The molecule has 0 saturated heterocycles. The summed E-state index contributed by atoms with van der Waals surface area (Å²) in [5.41, 5.74) is 0.827. The highest BCUT2D eigenvalue weighted by molar-refractivity contribution is 6.90. The predicted octanol–water partition coefficient (Wildman–Crippen LogP) is 8.00. The Morgan fingerprint density at radius 3 is 2.32 bits per heavy atom. The van der Waals surface area contributed by atoms with Gasteiger partial charge in [0.2, 0.25) is 5.88 Å². The van der Waals surface area contributed by atoms with Gasteiger partial charge in [-0.1, -0.05) is 84.1 Å². The van der Waals surface area contributed by atoms with Gasteiger partial charge in [-0.05, 0) is 41.6 Å². The molecule has 0 aliphatic carbocycles. The summed E-state index contributed by atoms with van der Waals surface area (Å²) in [6.45, 7) is 12.4. The molecule has 0 N–H and O–H groups in total. The average molecular weight is 484 g/mol. The number of unbranched alkanes of at least 4 members (excludes halogenated alkanes) is 4. The SMILES string of the molecule is CCCCCCOC(CC)COc1ccc2c(ccc3c(F)c([Si](C)(C)CCCC)ccc32)n1. The number of benzene rings is 2. The third-order valence-corrected chi connectivity index (χ3v) is 10.3. The van der Waals surface area contributed by atoms with Crippen molar-refractivity contribution in [2.24, 2.45) is 0 Å². The topological polar surface area (TPSA) is 31.4 Å². The summed E-state index contributed by atoms with van der Waals surface area (Å²) in [6, 6.07) is 12.9. The second-order valence-electron chi connectivity index (χ2n) is 10.1. The molecule has 1 aromatic heterocycles. The molecule has 0 amide bonds. The molecular weight excluding hydrogens is 441 g/mol. The predicted molar refractivity (Wildman–Crippen MR) is 146 cm³/mol. The van der Waals surface area contributed by atoms with Crippen LogP contribution in [0, 0.1) is 5.82 Å². The fourth-order valence-electron chi connectivity index (χ4n) is 4.56. The van der Waals surface area contributed by atoms with Crippen molar-refractivity contribution in [3.8, 4) is 5.88 Å². The van der Waals surface area contributed by atoms with Crippen molar-refractivity contribution in [2.75, 3.05) is 13.2 Å². The highest BCUT2D eigenvalue weighted by atomic mass is 28.3. The van der Waals surface area contributed by atoms with Crippen molar-refractivity contribution >= 4 is 34.9 Å². The number of fused-ring (bicyclic) bond motifs is 3. The molecule has 0 fully saturated rings. The molecule has 34 heavy (non-hydrogen) atoms. The van der Waals surface area contributed by atoms with E-state index in [1.807, 2.05) is 30.3 Å². The van der Waals surface area contributed by atoms with Crippen LogP contribution < -0.4 is 9.92 Å². The minimum absolute atomic E-state index is 0.0469. The quantitative estimate of drug-likeness (QED) is 0.132. The van der Waals surface area contributed by atoms with Crippen LogP contribution in [-0.2, 0) is 4.74 Å². The Morgan fingerprint density at radius 2 is 1.59 bits per heavy atom. The second-order valence-corrected chi connectivity index (χ2v) is 14.9. The normalized spacial score (nSPS) is 13.0. The lowest BCUT2D eigenvalue weighted by Crippen LogP contribution is -2.43. The molecule has 0 spiro atoms. The van der Waals surface area contributed by atoms with Gasteiger partial charge in [0.15, 0.2) is 0 Å². The zero-order valence-electron chi connectivity index (χ0n) is 21.8. The van der Waals surface area contributed by atoms with Gasteiger partial charge in [-0.25, -0.2) is 9.37 Å². The largest absolute Gasteiger partial charge is 0.475 e. The first kappa shape index (κ1) is 26.6. The van der Waals surface area contributed by atoms with E-state index in [1.54, 1.807) is 0 Å². The van der Waals surface area contributed by atoms with E-state index in [-0.39, 0.29) is 11.9 Å². The fourth-order valence-corrected chi connectivity index (χ4v) is 7.33. The number of ether oxygens (including phenoxy) is 2. The minimum atomic E-state index is -1.80. The summed E-state index contributed by atoms with van der Waals surface area (Å²) in [6.07, 6.45) is 8.09. The van der Waals surface area contributed by atoms with Crippen LogP contribution in [0.2, 0.25) is 19.1 Å². The van der Waals surface area contributed by atoms with E-state index < -0.39 is 8.07 Å². The van der Waals surface area contributed by atoms with Crippen LogP contribution in [0.1, 0.15) is 65.7 Å². The lowest BCUT2D eigenvalue weighted by Gasteiger charge is -2.24. The van der Waals surface area contributed by atoms with Crippen molar-refractivity contribution in [1.29, 1.82) is 0 Å². The van der Waals surface area contributed by atoms with E-state index in [9.17, 15) is 0 Å². The Labute approximate surface area is 206 Å². The fraction of sp³-hybridized carbons (Fsp3) is 0.552. The average Bonchev–Trinajstić information content (AvgIpc) is 2.84. The van der Waals surface area contributed by atoms with Crippen molar-refractivity contribution in [3.05, 3.63) is 42.2 Å². The summed E-state index contributed by atoms with van der Waals surface area (Å²) in [5.74, 6) is 0.541. The van der Waals surface area contributed by atoms with Crippen LogP contribution in [0.15, 0.2) is 36.4 Å². The van der Waals surface area contributed by atoms with Crippen molar-refractivity contribution in [2.45, 2.75) is 91.0 Å². The Kier molecular flexibility index (Phi) is 9.90. The van der Waals surface area contributed by atoms with Crippen LogP contribution in [0.25, 0.3) is 21.7 Å². The van der Waals surface area contributed by atoms with Gasteiger partial charge in [0.25, 0.3) is 0 Å². The van der Waals surface area contributed by atoms with Crippen molar-refractivity contribution in [3.63, 3.8) is 0 Å². The standard InChI is InChI=1S/C29H42FNO2Si/c1-6-9-11-12-19-32-22(8-3)21-33-28-18-15-24-23-14-17-27(34(4,5)20-10-7-2)29(30)25(23)13-16-26(24)31-28/h13-18,22H,6-12,19-21H2,1-5H3. The number of hydrogen-bond donors (Lipinski definition) is 0. The summed E-state index contributed by atoms with van der Waals surface area (Å²) >= 11 is 0. The zero-order chi connectivity index (χ0) is 24.6. The molecular formula is C29H42FNO2Si. The maximum Gasteiger partial charge on any atom is 0.213 e. The summed E-state index contributed by atoms with van der Waals surface area (Å²) in [7, 11) is -1.80. The monoisotopic (exact) mass is 483 g/mol. The van der Waals surface area contributed by atoms with Crippen LogP contribution in [-0.4, -0.2) is 32.4 Å². The number of rotatable bonds is 14. The Morgan fingerprint density at radius 1 is 0.853 bits per heavy atom. The van der Waals surface area contributed by atoms with Gasteiger partial charge in [0.1, 0.15) is 12.4 Å². The minimum Gasteiger partial charge on any atom is -0.475 e. The Hall–Kier alpha value is -1.98. The lowest BCUT2D eigenvalue weighted by molar-refractivity contribution is 0.0153. The number of pyridine rings is 1. The summed E-state index contributed by atoms with van der Waals surface area (Å²) in [4.78, 5) is 4.70. The third-order valence-electron chi connectivity index (χ3n) is 6.89. The molecule has 3 aromatic rings. The van der Waals surface area contributed by atoms with E-state index in [2.05, 4.69) is 39.9 Å². The van der Waals surface area contributed by atoms with Crippen LogP contribution in [0.3, 0.4) is 0 Å². The lowest BCUT2D eigenvalue weighted by atomic mass is 10.0. The molecule has 186 valence electrons. The molecule has 2 aromatic carbocycles. The molecule has 0 saturated carbocycles. The molecule has 3 rings (SSSR count).